The van der Waals surface area contributed by atoms with Gasteiger partial charge in [0.2, 0.25) is 0 Å². The number of rotatable bonds is 6. The van der Waals surface area contributed by atoms with Crippen molar-refractivity contribution < 1.29 is 9.47 Å². The highest BCUT2D eigenvalue weighted by Gasteiger charge is 2.19. The molecule has 0 amide bonds. The predicted octanol–water partition coefficient (Wildman–Crippen LogP) is 2.95. The Labute approximate surface area is 186 Å². The molecule has 1 atom stereocenters. The number of aromatic nitrogens is 5. The molecule has 4 aromatic rings. The van der Waals surface area contributed by atoms with Crippen LogP contribution in [0.2, 0.25) is 0 Å². The van der Waals surface area contributed by atoms with Gasteiger partial charge in [-0.1, -0.05) is 0 Å². The lowest BCUT2D eigenvalue weighted by atomic mass is 10.1. The molecule has 9 heteroatoms. The van der Waals surface area contributed by atoms with E-state index >= 15 is 0 Å². The first kappa shape index (κ1) is 20.3. The third-order valence-corrected chi connectivity index (χ3v) is 5.36. The van der Waals surface area contributed by atoms with E-state index in [9.17, 15) is 0 Å². The largest absolute Gasteiger partial charge is 0.489 e. The maximum atomic E-state index is 6.17. The van der Waals surface area contributed by atoms with Gasteiger partial charge < -0.3 is 19.7 Å². The van der Waals surface area contributed by atoms with Gasteiger partial charge in [-0.2, -0.15) is 5.10 Å². The van der Waals surface area contributed by atoms with Crippen molar-refractivity contribution in [1.82, 2.24) is 29.5 Å². The molecule has 1 fully saturated rings. The highest BCUT2D eigenvalue weighted by molar-refractivity contribution is 5.75. The first-order valence-corrected chi connectivity index (χ1v) is 10.6. The molecule has 0 spiro atoms. The normalized spacial score (nSPS) is 16.9. The minimum absolute atomic E-state index is 0.0509. The number of nitrogens with one attached hydrogen (secondary N) is 1. The summed E-state index contributed by atoms with van der Waals surface area (Å²) in [7, 11) is 2.10. The number of nitrogens with zero attached hydrogens (tertiary/aromatic N) is 6. The Hall–Kier alpha value is -3.56. The minimum atomic E-state index is 0.0509. The predicted molar refractivity (Wildman–Crippen MR) is 121 cm³/mol. The van der Waals surface area contributed by atoms with Gasteiger partial charge in [0, 0.05) is 49.0 Å². The van der Waals surface area contributed by atoms with Crippen LogP contribution in [0.15, 0.2) is 55.2 Å². The molecule has 0 radical (unpaired) electrons. The van der Waals surface area contributed by atoms with Crippen molar-refractivity contribution in [3.8, 4) is 16.9 Å². The van der Waals surface area contributed by atoms with Crippen molar-refractivity contribution in [2.24, 2.45) is 0 Å². The molecule has 1 aliphatic rings. The van der Waals surface area contributed by atoms with E-state index in [0.717, 1.165) is 47.8 Å². The Bertz CT molecular complexity index is 1210. The second-order valence-electron chi connectivity index (χ2n) is 7.92. The molecule has 5 heterocycles. The number of hydrogen-bond acceptors (Lipinski definition) is 8. The van der Waals surface area contributed by atoms with Crippen LogP contribution in [-0.2, 0) is 4.74 Å². The fourth-order valence-corrected chi connectivity index (χ4v) is 3.76. The number of fused-ring (bicyclic) bond motifs is 1. The first-order valence-electron chi connectivity index (χ1n) is 10.6. The number of morpholine rings is 1. The highest BCUT2D eigenvalue weighted by atomic mass is 16.5. The molecule has 4 aromatic heterocycles. The highest BCUT2D eigenvalue weighted by Crippen LogP contribution is 2.31. The van der Waals surface area contributed by atoms with Crippen LogP contribution in [0.4, 0.5) is 11.6 Å². The van der Waals surface area contributed by atoms with Crippen LogP contribution in [0.3, 0.4) is 0 Å². The van der Waals surface area contributed by atoms with Gasteiger partial charge in [0.25, 0.3) is 0 Å². The summed E-state index contributed by atoms with van der Waals surface area (Å²) in [5, 5.41) is 7.74. The Balaban J connectivity index is 1.39. The fourth-order valence-electron chi connectivity index (χ4n) is 3.76. The summed E-state index contributed by atoms with van der Waals surface area (Å²) in [4.78, 5) is 15.0. The van der Waals surface area contributed by atoms with Crippen LogP contribution in [-0.4, -0.2) is 68.9 Å². The standard InChI is InChI=1S/C23H25N7O2/c1-16-9-20(21(12-26-16)32-15-19-14-29(2)7-8-31-19)17-3-6-30-18(10-17)11-22(28-30)27-23-13-24-4-5-25-23/h3-6,9-13,19H,7-8,14-15H2,1-2H3,(H,25,27,28)/t19-/m1/s1. The number of anilines is 2. The zero-order chi connectivity index (χ0) is 21.9. The minimum Gasteiger partial charge on any atom is -0.489 e. The SMILES string of the molecule is Cc1cc(-c2ccn3nc(Nc4cnccn4)cc3c2)c(OC[C@H]2CN(C)CCO2)cn1. The molecule has 9 nitrogen and oxygen atoms in total. The number of likely N-dealkylation sites (N-methyl/N-ethyl adjacent to an activating group) is 1. The van der Waals surface area contributed by atoms with Crippen LogP contribution < -0.4 is 10.1 Å². The van der Waals surface area contributed by atoms with E-state index in [0.29, 0.717) is 18.2 Å². The maximum absolute atomic E-state index is 6.17. The lowest BCUT2D eigenvalue weighted by molar-refractivity contribution is -0.0403. The molecule has 0 aliphatic carbocycles. The van der Waals surface area contributed by atoms with Gasteiger partial charge in [-0.05, 0) is 37.7 Å². The van der Waals surface area contributed by atoms with E-state index < -0.39 is 0 Å². The lowest BCUT2D eigenvalue weighted by Crippen LogP contribution is -2.42. The van der Waals surface area contributed by atoms with E-state index in [1.54, 1.807) is 24.8 Å². The van der Waals surface area contributed by atoms with Gasteiger partial charge in [0.05, 0.1) is 24.5 Å². The smallest absolute Gasteiger partial charge is 0.154 e. The van der Waals surface area contributed by atoms with Crippen LogP contribution in [0.25, 0.3) is 16.6 Å². The molecule has 1 saturated heterocycles. The van der Waals surface area contributed by atoms with E-state index in [1.807, 2.05) is 35.8 Å². The summed E-state index contributed by atoms with van der Waals surface area (Å²) >= 11 is 0. The molecule has 0 bridgehead atoms. The summed E-state index contributed by atoms with van der Waals surface area (Å²) in [5.74, 6) is 2.09. The van der Waals surface area contributed by atoms with Gasteiger partial charge in [0.15, 0.2) is 5.82 Å². The zero-order valence-electron chi connectivity index (χ0n) is 18.1. The summed E-state index contributed by atoms with van der Waals surface area (Å²) in [6, 6.07) is 8.13. The molecule has 32 heavy (non-hydrogen) atoms. The van der Waals surface area contributed by atoms with Crippen molar-refractivity contribution in [3.05, 3.63) is 60.9 Å². The van der Waals surface area contributed by atoms with Gasteiger partial charge in [-0.3, -0.25) is 9.97 Å². The molecule has 1 aliphatic heterocycles. The van der Waals surface area contributed by atoms with Crippen LogP contribution in [0, 0.1) is 6.92 Å². The summed E-state index contributed by atoms with van der Waals surface area (Å²) in [6.45, 7) is 5.01. The monoisotopic (exact) mass is 431 g/mol. The average Bonchev–Trinajstić information content (AvgIpc) is 3.20. The second kappa shape index (κ2) is 8.89. The first-order chi connectivity index (χ1) is 15.6. The fraction of sp³-hybridized carbons (Fsp3) is 0.304. The van der Waals surface area contributed by atoms with Crippen LogP contribution in [0.5, 0.6) is 5.75 Å². The van der Waals surface area contributed by atoms with E-state index in [1.165, 1.54) is 0 Å². The average molecular weight is 432 g/mol. The molecule has 0 aromatic carbocycles. The van der Waals surface area contributed by atoms with Gasteiger partial charge in [-0.15, -0.1) is 0 Å². The third kappa shape index (κ3) is 4.53. The molecule has 164 valence electrons. The zero-order valence-corrected chi connectivity index (χ0v) is 18.1. The lowest BCUT2D eigenvalue weighted by Gasteiger charge is -2.30. The van der Waals surface area contributed by atoms with Crippen molar-refractivity contribution in [3.63, 3.8) is 0 Å². The maximum Gasteiger partial charge on any atom is 0.154 e. The summed E-state index contributed by atoms with van der Waals surface area (Å²) in [6.07, 6.45) is 8.71. The van der Waals surface area contributed by atoms with Crippen molar-refractivity contribution in [2.75, 3.05) is 38.7 Å². The molecule has 0 unspecified atom stereocenters. The number of pyridine rings is 2. The van der Waals surface area contributed by atoms with Crippen molar-refractivity contribution >= 4 is 17.2 Å². The Morgan fingerprint density at radius 2 is 2.09 bits per heavy atom. The molecule has 5 rings (SSSR count). The van der Waals surface area contributed by atoms with Gasteiger partial charge in [0.1, 0.15) is 24.3 Å². The van der Waals surface area contributed by atoms with Gasteiger partial charge in [-0.25, -0.2) is 9.50 Å². The molecular weight excluding hydrogens is 406 g/mol. The Morgan fingerprint density at radius 1 is 1.16 bits per heavy atom. The Morgan fingerprint density at radius 3 is 2.94 bits per heavy atom. The van der Waals surface area contributed by atoms with Crippen LogP contribution in [0.1, 0.15) is 5.69 Å². The Kier molecular flexibility index (Phi) is 5.66. The summed E-state index contributed by atoms with van der Waals surface area (Å²) in [5.41, 5.74) is 3.91. The van der Waals surface area contributed by atoms with E-state index in [-0.39, 0.29) is 6.10 Å². The number of hydrogen-bond donors (Lipinski definition) is 1. The quantitative estimate of drug-likeness (QED) is 0.498. The van der Waals surface area contributed by atoms with E-state index in [2.05, 4.69) is 43.4 Å². The van der Waals surface area contributed by atoms with Crippen molar-refractivity contribution in [1.29, 1.82) is 0 Å². The summed E-state index contributed by atoms with van der Waals surface area (Å²) < 4.78 is 13.8. The number of ether oxygens (including phenoxy) is 2. The van der Waals surface area contributed by atoms with Gasteiger partial charge >= 0.3 is 0 Å². The topological polar surface area (TPSA) is 89.7 Å². The molecule has 0 saturated carbocycles. The van der Waals surface area contributed by atoms with E-state index in [4.69, 9.17) is 9.47 Å². The second-order valence-corrected chi connectivity index (χ2v) is 7.92. The number of aryl methyl sites for hydroxylation is 1. The van der Waals surface area contributed by atoms with Crippen LogP contribution >= 0.6 is 0 Å². The third-order valence-electron chi connectivity index (χ3n) is 5.36. The van der Waals surface area contributed by atoms with Crippen molar-refractivity contribution in [2.45, 2.75) is 13.0 Å². The molecule has 1 N–H and O–H groups in total. The molecular formula is C23H25N7O2.